The molecule has 7 nitrogen and oxygen atoms in total. The lowest BCUT2D eigenvalue weighted by molar-refractivity contribution is -0.137. The number of dihydropyridines is 1. The van der Waals surface area contributed by atoms with Crippen molar-refractivity contribution in [1.82, 2.24) is 5.32 Å². The molecule has 1 N–H and O–H groups in total. The molecule has 1 saturated carbocycles. The van der Waals surface area contributed by atoms with Crippen LogP contribution in [0.2, 0.25) is 0 Å². The van der Waals surface area contributed by atoms with E-state index >= 15 is 0 Å². The molecule has 1 heterocycles. The summed E-state index contributed by atoms with van der Waals surface area (Å²) in [7, 11) is 4.22. The molecular formula is C23H29NO6. The van der Waals surface area contributed by atoms with E-state index in [4.69, 9.17) is 18.9 Å². The van der Waals surface area contributed by atoms with Gasteiger partial charge >= 0.3 is 11.9 Å². The number of allylic oxidation sites excluding steroid dienone is 2. The average Bonchev–Trinajstić information content (AvgIpc) is 3.25. The number of nitrogens with one attached hydrogen (secondary N) is 1. The Labute approximate surface area is 177 Å². The number of hydrogen-bond acceptors (Lipinski definition) is 7. The molecule has 30 heavy (non-hydrogen) atoms. The van der Waals surface area contributed by atoms with Gasteiger partial charge in [-0.1, -0.05) is 6.07 Å². The molecular weight excluding hydrogens is 386 g/mol. The van der Waals surface area contributed by atoms with Crippen LogP contribution in [0.5, 0.6) is 11.5 Å². The molecule has 1 aromatic carbocycles. The molecule has 0 aromatic heterocycles. The SMILES string of the molecule is COC(=O)C1=C(C)NC(C)=C(C(=O)OC)C1c1ccc(OC2CCCC2)c(OC)c1. The third-order valence-electron chi connectivity index (χ3n) is 5.69. The van der Waals surface area contributed by atoms with E-state index in [1.165, 1.54) is 27.1 Å². The average molecular weight is 415 g/mol. The molecule has 0 radical (unpaired) electrons. The summed E-state index contributed by atoms with van der Waals surface area (Å²) in [5.41, 5.74) is 2.68. The second kappa shape index (κ2) is 9.24. The van der Waals surface area contributed by atoms with E-state index in [1.54, 1.807) is 21.0 Å². The van der Waals surface area contributed by atoms with Gasteiger partial charge in [-0.15, -0.1) is 0 Å². The van der Waals surface area contributed by atoms with Crippen molar-refractivity contribution in [3.8, 4) is 11.5 Å². The van der Waals surface area contributed by atoms with Crippen LogP contribution in [-0.4, -0.2) is 39.4 Å². The number of carbonyl (C=O) groups excluding carboxylic acids is 2. The van der Waals surface area contributed by atoms with E-state index in [1.807, 2.05) is 18.2 Å². The smallest absolute Gasteiger partial charge is 0.336 e. The quantitative estimate of drug-likeness (QED) is 0.711. The van der Waals surface area contributed by atoms with E-state index in [-0.39, 0.29) is 6.10 Å². The molecule has 7 heteroatoms. The van der Waals surface area contributed by atoms with E-state index in [0.29, 0.717) is 39.6 Å². The largest absolute Gasteiger partial charge is 0.493 e. The van der Waals surface area contributed by atoms with Crippen molar-refractivity contribution < 1.29 is 28.5 Å². The number of rotatable bonds is 6. The first-order chi connectivity index (χ1) is 14.4. The highest BCUT2D eigenvalue weighted by atomic mass is 16.5. The van der Waals surface area contributed by atoms with Gasteiger partial charge in [-0.25, -0.2) is 9.59 Å². The van der Waals surface area contributed by atoms with Gasteiger partial charge < -0.3 is 24.3 Å². The Bertz CT molecular complexity index is 857. The summed E-state index contributed by atoms with van der Waals surface area (Å²) in [6, 6.07) is 5.50. The molecule has 0 atom stereocenters. The summed E-state index contributed by atoms with van der Waals surface area (Å²) in [6.07, 6.45) is 4.58. The van der Waals surface area contributed by atoms with Gasteiger partial charge in [0.25, 0.3) is 0 Å². The first-order valence-corrected chi connectivity index (χ1v) is 10.1. The first-order valence-electron chi connectivity index (χ1n) is 10.1. The van der Waals surface area contributed by atoms with Crippen molar-refractivity contribution in [1.29, 1.82) is 0 Å². The van der Waals surface area contributed by atoms with Gasteiger partial charge in [0.2, 0.25) is 0 Å². The monoisotopic (exact) mass is 415 g/mol. The van der Waals surface area contributed by atoms with Crippen LogP contribution < -0.4 is 14.8 Å². The fraction of sp³-hybridized carbons (Fsp3) is 0.478. The lowest BCUT2D eigenvalue weighted by atomic mass is 9.80. The van der Waals surface area contributed by atoms with Crippen LogP contribution in [0, 0.1) is 0 Å². The van der Waals surface area contributed by atoms with E-state index in [9.17, 15) is 9.59 Å². The normalized spacial score (nSPS) is 17.6. The molecule has 0 bridgehead atoms. The van der Waals surface area contributed by atoms with Gasteiger partial charge in [0.1, 0.15) is 0 Å². The zero-order chi connectivity index (χ0) is 21.8. The van der Waals surface area contributed by atoms with Gasteiger partial charge in [0, 0.05) is 11.4 Å². The molecule has 2 aliphatic rings. The van der Waals surface area contributed by atoms with Crippen molar-refractivity contribution >= 4 is 11.9 Å². The van der Waals surface area contributed by atoms with Crippen LogP contribution >= 0.6 is 0 Å². The molecule has 1 fully saturated rings. The van der Waals surface area contributed by atoms with Crippen LogP contribution in [0.3, 0.4) is 0 Å². The second-order valence-electron chi connectivity index (χ2n) is 7.55. The van der Waals surface area contributed by atoms with Crippen molar-refractivity contribution in [3.05, 3.63) is 46.3 Å². The van der Waals surface area contributed by atoms with Crippen molar-refractivity contribution in [2.45, 2.75) is 51.6 Å². The second-order valence-corrected chi connectivity index (χ2v) is 7.55. The van der Waals surface area contributed by atoms with Crippen molar-refractivity contribution in [2.75, 3.05) is 21.3 Å². The fourth-order valence-corrected chi connectivity index (χ4v) is 4.24. The van der Waals surface area contributed by atoms with Crippen LogP contribution in [0.1, 0.15) is 51.0 Å². The highest BCUT2D eigenvalue weighted by Crippen LogP contribution is 2.42. The Morgan fingerprint density at radius 3 is 1.97 bits per heavy atom. The summed E-state index contributed by atoms with van der Waals surface area (Å²) in [5.74, 6) is -0.460. The maximum absolute atomic E-state index is 12.6. The minimum absolute atomic E-state index is 0.184. The lowest BCUT2D eigenvalue weighted by Crippen LogP contribution is -2.32. The Kier molecular flexibility index (Phi) is 6.70. The molecule has 0 saturated heterocycles. The highest BCUT2D eigenvalue weighted by Gasteiger charge is 2.38. The fourth-order valence-electron chi connectivity index (χ4n) is 4.24. The number of carbonyl (C=O) groups is 2. The number of ether oxygens (including phenoxy) is 4. The van der Waals surface area contributed by atoms with E-state index in [0.717, 1.165) is 12.8 Å². The molecule has 0 spiro atoms. The Morgan fingerprint density at radius 2 is 1.47 bits per heavy atom. The summed E-state index contributed by atoms with van der Waals surface area (Å²) < 4.78 is 21.7. The topological polar surface area (TPSA) is 83.1 Å². The summed E-state index contributed by atoms with van der Waals surface area (Å²) in [5, 5.41) is 3.10. The van der Waals surface area contributed by atoms with Crippen LogP contribution in [0.15, 0.2) is 40.7 Å². The summed E-state index contributed by atoms with van der Waals surface area (Å²) in [6.45, 7) is 3.57. The van der Waals surface area contributed by atoms with Crippen LogP contribution in [-0.2, 0) is 19.1 Å². The lowest BCUT2D eigenvalue weighted by Gasteiger charge is -2.30. The molecule has 1 aromatic rings. The first kappa shape index (κ1) is 21.7. The third-order valence-corrected chi connectivity index (χ3v) is 5.69. The van der Waals surface area contributed by atoms with Crippen LogP contribution in [0.4, 0.5) is 0 Å². The Balaban J connectivity index is 2.08. The minimum Gasteiger partial charge on any atom is -0.493 e. The van der Waals surface area contributed by atoms with Crippen molar-refractivity contribution in [2.24, 2.45) is 0 Å². The zero-order valence-electron chi connectivity index (χ0n) is 18.2. The minimum atomic E-state index is -0.652. The van der Waals surface area contributed by atoms with Gasteiger partial charge in [-0.2, -0.15) is 0 Å². The predicted octanol–water partition coefficient (Wildman–Crippen LogP) is 3.60. The van der Waals surface area contributed by atoms with Gasteiger partial charge in [0.05, 0.1) is 44.5 Å². The number of benzene rings is 1. The Hall–Kier alpha value is -2.96. The zero-order valence-corrected chi connectivity index (χ0v) is 18.2. The molecule has 3 rings (SSSR count). The van der Waals surface area contributed by atoms with Gasteiger partial charge in [-0.3, -0.25) is 0 Å². The summed E-state index contributed by atoms with van der Waals surface area (Å²) >= 11 is 0. The number of methoxy groups -OCH3 is 3. The van der Waals surface area contributed by atoms with Crippen molar-refractivity contribution in [3.63, 3.8) is 0 Å². The summed E-state index contributed by atoms with van der Waals surface area (Å²) in [4.78, 5) is 25.2. The predicted molar refractivity (Wildman–Crippen MR) is 111 cm³/mol. The third kappa shape index (κ3) is 4.15. The molecule has 1 aliphatic carbocycles. The number of hydrogen-bond donors (Lipinski definition) is 1. The van der Waals surface area contributed by atoms with Gasteiger partial charge in [0.15, 0.2) is 11.5 Å². The molecule has 0 unspecified atom stereocenters. The van der Waals surface area contributed by atoms with Gasteiger partial charge in [-0.05, 0) is 57.2 Å². The standard InChI is InChI=1S/C23H29NO6/c1-13-19(22(25)28-4)21(20(14(2)24-13)23(26)29-5)15-10-11-17(18(12-15)27-3)30-16-8-6-7-9-16/h10-12,16,21,24H,6-9H2,1-5H3. The molecule has 0 amide bonds. The van der Waals surface area contributed by atoms with E-state index in [2.05, 4.69) is 5.32 Å². The van der Waals surface area contributed by atoms with E-state index < -0.39 is 17.9 Å². The van der Waals surface area contributed by atoms with Crippen LogP contribution in [0.25, 0.3) is 0 Å². The molecule has 162 valence electrons. The maximum atomic E-state index is 12.6. The molecule has 1 aliphatic heterocycles. The Morgan fingerprint density at radius 1 is 0.900 bits per heavy atom. The number of esters is 2. The maximum Gasteiger partial charge on any atom is 0.336 e. The highest BCUT2D eigenvalue weighted by molar-refractivity contribution is 5.99.